The Bertz CT molecular complexity index is 584. The van der Waals surface area contributed by atoms with Gasteiger partial charge >= 0.3 is 0 Å². The molecule has 4 nitrogen and oxygen atoms in total. The summed E-state index contributed by atoms with van der Waals surface area (Å²) in [6, 6.07) is 13.0. The zero-order chi connectivity index (χ0) is 16.5. The Kier molecular flexibility index (Phi) is 9.97. The maximum absolute atomic E-state index is 4.66. The molecule has 1 unspecified atom stereocenters. The summed E-state index contributed by atoms with van der Waals surface area (Å²) < 4.78 is 0. The van der Waals surface area contributed by atoms with Crippen molar-refractivity contribution < 1.29 is 0 Å². The van der Waals surface area contributed by atoms with Gasteiger partial charge in [0.2, 0.25) is 0 Å². The van der Waals surface area contributed by atoms with Gasteiger partial charge in [0.1, 0.15) is 0 Å². The van der Waals surface area contributed by atoms with E-state index in [0.29, 0.717) is 12.6 Å². The molecule has 1 aromatic carbocycles. The van der Waals surface area contributed by atoms with Crippen molar-refractivity contribution in [3.63, 3.8) is 0 Å². The monoisotopic (exact) mass is 458 g/mol. The molecule has 2 N–H and O–H groups in total. The van der Waals surface area contributed by atoms with Gasteiger partial charge in [0.15, 0.2) is 5.96 Å². The van der Waals surface area contributed by atoms with Crippen molar-refractivity contribution >= 4 is 41.3 Å². The molecule has 0 spiro atoms. The lowest BCUT2D eigenvalue weighted by atomic mass is 10.1. The molecular weight excluding hydrogens is 431 g/mol. The van der Waals surface area contributed by atoms with Gasteiger partial charge in [-0.15, -0.1) is 24.0 Å². The molecule has 24 heavy (non-hydrogen) atoms. The second-order valence-corrected chi connectivity index (χ2v) is 6.38. The van der Waals surface area contributed by atoms with Crippen LogP contribution in [-0.2, 0) is 6.54 Å². The van der Waals surface area contributed by atoms with Gasteiger partial charge in [-0.25, -0.2) is 4.99 Å². The Labute approximate surface area is 166 Å². The number of hydrogen-bond acceptors (Lipinski definition) is 3. The molecule has 0 fully saturated rings. The summed E-state index contributed by atoms with van der Waals surface area (Å²) in [7, 11) is 4.21. The van der Waals surface area contributed by atoms with Crippen LogP contribution in [0.25, 0.3) is 0 Å². The summed E-state index contributed by atoms with van der Waals surface area (Å²) >= 11 is 1.71. The highest BCUT2D eigenvalue weighted by Gasteiger charge is 2.14. The smallest absolute Gasteiger partial charge is 0.191 e. The average molecular weight is 458 g/mol. The molecule has 0 aliphatic carbocycles. The van der Waals surface area contributed by atoms with Crippen LogP contribution >= 0.6 is 35.3 Å². The van der Waals surface area contributed by atoms with Crippen molar-refractivity contribution in [3.05, 3.63) is 58.3 Å². The van der Waals surface area contributed by atoms with Crippen LogP contribution < -0.4 is 10.6 Å². The highest BCUT2D eigenvalue weighted by atomic mass is 127. The first-order valence-corrected chi connectivity index (χ1v) is 8.89. The van der Waals surface area contributed by atoms with Crippen molar-refractivity contribution in [1.29, 1.82) is 0 Å². The number of aliphatic imine (C=N–C) groups is 1. The molecule has 2 rings (SSSR count). The summed E-state index contributed by atoms with van der Waals surface area (Å²) in [5.74, 6) is 0.862. The van der Waals surface area contributed by atoms with Gasteiger partial charge in [-0.2, -0.15) is 11.3 Å². The van der Waals surface area contributed by atoms with Crippen LogP contribution in [0.3, 0.4) is 0 Å². The number of guanidine groups is 1. The van der Waals surface area contributed by atoms with Crippen LogP contribution in [0.4, 0.5) is 0 Å². The van der Waals surface area contributed by atoms with E-state index in [9.17, 15) is 0 Å². The second kappa shape index (κ2) is 11.4. The zero-order valence-corrected chi connectivity index (χ0v) is 17.7. The normalized spacial score (nSPS) is 12.6. The summed E-state index contributed by atoms with van der Waals surface area (Å²) in [5, 5.41) is 11.0. The SMILES string of the molecule is CCNC(=NCc1ccsc1)NCC(c1ccccc1)N(C)C.I. The molecule has 0 bridgehead atoms. The molecule has 1 heterocycles. The highest BCUT2D eigenvalue weighted by molar-refractivity contribution is 14.0. The van der Waals surface area contributed by atoms with Crippen LogP contribution in [0.2, 0.25) is 0 Å². The Morgan fingerprint density at radius 1 is 1.17 bits per heavy atom. The van der Waals surface area contributed by atoms with Crippen molar-refractivity contribution in [2.45, 2.75) is 19.5 Å². The number of thiophene rings is 1. The van der Waals surface area contributed by atoms with Crippen molar-refractivity contribution in [3.8, 4) is 0 Å². The fraction of sp³-hybridized carbons (Fsp3) is 0.389. The first-order valence-electron chi connectivity index (χ1n) is 7.95. The Hall–Kier alpha value is -1.12. The van der Waals surface area contributed by atoms with E-state index in [2.05, 4.69) is 88.7 Å². The Morgan fingerprint density at radius 2 is 1.92 bits per heavy atom. The van der Waals surface area contributed by atoms with Crippen LogP contribution in [0.1, 0.15) is 24.1 Å². The predicted octanol–water partition coefficient (Wildman–Crippen LogP) is 3.72. The van der Waals surface area contributed by atoms with E-state index >= 15 is 0 Å². The fourth-order valence-electron chi connectivity index (χ4n) is 2.36. The van der Waals surface area contributed by atoms with E-state index in [1.807, 2.05) is 0 Å². The quantitative estimate of drug-likeness (QED) is 0.378. The van der Waals surface area contributed by atoms with Crippen molar-refractivity contribution in [2.75, 3.05) is 27.2 Å². The number of hydrogen-bond donors (Lipinski definition) is 2. The molecule has 0 aliphatic heterocycles. The first kappa shape index (κ1) is 20.9. The molecule has 0 amide bonds. The Balaban J connectivity index is 0.00000288. The van der Waals surface area contributed by atoms with Crippen LogP contribution in [0, 0.1) is 0 Å². The van der Waals surface area contributed by atoms with Crippen LogP contribution in [0.15, 0.2) is 52.2 Å². The van der Waals surface area contributed by atoms with Crippen molar-refractivity contribution in [2.24, 2.45) is 4.99 Å². The third-order valence-corrected chi connectivity index (χ3v) is 4.35. The van der Waals surface area contributed by atoms with Gasteiger partial charge in [0, 0.05) is 13.1 Å². The number of benzene rings is 1. The molecule has 1 aromatic heterocycles. The summed E-state index contributed by atoms with van der Waals surface area (Å²) in [6.07, 6.45) is 0. The van der Waals surface area contributed by atoms with E-state index in [0.717, 1.165) is 19.0 Å². The van der Waals surface area contributed by atoms with E-state index < -0.39 is 0 Å². The van der Waals surface area contributed by atoms with Gasteiger partial charge in [-0.1, -0.05) is 30.3 Å². The standard InChI is InChI=1S/C18H26N4S.HI/c1-4-19-18(20-12-15-10-11-23-14-15)21-13-17(22(2)3)16-8-6-5-7-9-16;/h5-11,14,17H,4,12-13H2,1-3H3,(H2,19,20,21);1H. The molecule has 2 aromatic rings. The first-order chi connectivity index (χ1) is 11.2. The maximum atomic E-state index is 4.66. The minimum atomic E-state index is 0. The fourth-order valence-corrected chi connectivity index (χ4v) is 3.02. The number of nitrogens with one attached hydrogen (secondary N) is 2. The molecular formula is C18H27IN4S. The Morgan fingerprint density at radius 3 is 2.50 bits per heavy atom. The topological polar surface area (TPSA) is 39.7 Å². The molecule has 1 atom stereocenters. The van der Waals surface area contributed by atoms with Gasteiger partial charge in [0.05, 0.1) is 12.6 Å². The lowest BCUT2D eigenvalue weighted by Gasteiger charge is -2.26. The average Bonchev–Trinajstić information content (AvgIpc) is 3.07. The van der Waals surface area contributed by atoms with E-state index in [1.165, 1.54) is 11.1 Å². The third kappa shape index (κ3) is 6.78. The lowest BCUT2D eigenvalue weighted by molar-refractivity contribution is 0.298. The van der Waals surface area contributed by atoms with Crippen molar-refractivity contribution in [1.82, 2.24) is 15.5 Å². The number of rotatable bonds is 7. The lowest BCUT2D eigenvalue weighted by Crippen LogP contribution is -2.41. The van der Waals surface area contributed by atoms with E-state index in [1.54, 1.807) is 11.3 Å². The van der Waals surface area contributed by atoms with Gasteiger partial charge < -0.3 is 15.5 Å². The zero-order valence-electron chi connectivity index (χ0n) is 14.5. The third-order valence-electron chi connectivity index (χ3n) is 3.61. The largest absolute Gasteiger partial charge is 0.357 e. The minimum Gasteiger partial charge on any atom is -0.357 e. The summed E-state index contributed by atoms with van der Waals surface area (Å²) in [6.45, 7) is 4.46. The van der Waals surface area contributed by atoms with E-state index in [4.69, 9.17) is 0 Å². The molecule has 0 saturated heterocycles. The predicted molar refractivity (Wildman–Crippen MR) is 115 cm³/mol. The second-order valence-electron chi connectivity index (χ2n) is 5.60. The summed E-state index contributed by atoms with van der Waals surface area (Å²) in [4.78, 5) is 6.89. The molecule has 0 saturated carbocycles. The molecule has 0 aliphatic rings. The van der Waals surface area contributed by atoms with Crippen LogP contribution in [-0.4, -0.2) is 38.0 Å². The summed E-state index contributed by atoms with van der Waals surface area (Å²) in [5.41, 5.74) is 2.55. The number of nitrogens with zero attached hydrogens (tertiary/aromatic N) is 2. The minimum absolute atomic E-state index is 0. The number of halogens is 1. The van der Waals surface area contributed by atoms with Gasteiger partial charge in [-0.05, 0) is 49.0 Å². The van der Waals surface area contributed by atoms with Gasteiger partial charge in [0.25, 0.3) is 0 Å². The number of likely N-dealkylation sites (N-methyl/N-ethyl adjacent to an activating group) is 1. The molecule has 132 valence electrons. The van der Waals surface area contributed by atoms with E-state index in [-0.39, 0.29) is 24.0 Å². The maximum Gasteiger partial charge on any atom is 0.191 e. The van der Waals surface area contributed by atoms with Crippen LogP contribution in [0.5, 0.6) is 0 Å². The molecule has 6 heteroatoms. The van der Waals surface area contributed by atoms with Gasteiger partial charge in [-0.3, -0.25) is 0 Å². The molecule has 0 radical (unpaired) electrons. The highest BCUT2D eigenvalue weighted by Crippen LogP contribution is 2.16.